The molecule has 0 aliphatic rings. The predicted octanol–water partition coefficient (Wildman–Crippen LogP) is 2.53. The lowest BCUT2D eigenvalue weighted by atomic mass is 10.3. The number of amides is 1. The molecule has 0 unspecified atom stereocenters. The van der Waals surface area contributed by atoms with Gasteiger partial charge in [-0.15, -0.1) is 11.3 Å². The van der Waals surface area contributed by atoms with E-state index in [1.165, 1.54) is 9.75 Å². The molecule has 18 heavy (non-hydrogen) atoms. The fourth-order valence-corrected chi connectivity index (χ4v) is 2.52. The Hall–Kier alpha value is -1.62. The molecular formula is C13H17N3OS. The normalized spacial score (nSPS) is 10.6. The van der Waals surface area contributed by atoms with Gasteiger partial charge in [-0.2, -0.15) is 5.10 Å². The van der Waals surface area contributed by atoms with Crippen LogP contribution in [0.15, 0.2) is 18.2 Å². The summed E-state index contributed by atoms with van der Waals surface area (Å²) in [6, 6.07) is 5.96. The first kappa shape index (κ1) is 12.8. The number of carbonyl (C=O) groups is 1. The fourth-order valence-electron chi connectivity index (χ4n) is 1.62. The molecule has 0 saturated carbocycles. The molecule has 0 saturated heterocycles. The highest BCUT2D eigenvalue weighted by Crippen LogP contribution is 2.16. The fraction of sp³-hybridized carbons (Fsp3) is 0.385. The Morgan fingerprint density at radius 3 is 2.72 bits per heavy atom. The van der Waals surface area contributed by atoms with Gasteiger partial charge in [0.25, 0.3) is 5.91 Å². The summed E-state index contributed by atoms with van der Waals surface area (Å²) in [5.74, 6) is -0.127. The Morgan fingerprint density at radius 2 is 2.11 bits per heavy atom. The molecule has 0 aliphatic carbocycles. The lowest BCUT2D eigenvalue weighted by Crippen LogP contribution is -2.22. The molecule has 0 aliphatic heterocycles. The summed E-state index contributed by atoms with van der Waals surface area (Å²) in [6.45, 7) is 4.72. The van der Waals surface area contributed by atoms with Gasteiger partial charge in [0.2, 0.25) is 0 Å². The predicted molar refractivity (Wildman–Crippen MR) is 72.8 cm³/mol. The van der Waals surface area contributed by atoms with Crippen molar-refractivity contribution in [2.24, 2.45) is 0 Å². The maximum atomic E-state index is 11.8. The average Bonchev–Trinajstić information content (AvgIpc) is 3.04. The molecule has 5 heteroatoms. The number of rotatable bonds is 5. The molecule has 0 radical (unpaired) electrons. The van der Waals surface area contributed by atoms with Gasteiger partial charge in [-0.25, -0.2) is 0 Å². The number of nitrogens with one attached hydrogen (secondary N) is 2. The van der Waals surface area contributed by atoms with Crippen molar-refractivity contribution in [2.45, 2.75) is 33.2 Å². The van der Waals surface area contributed by atoms with Crippen LogP contribution in [0.1, 0.15) is 39.8 Å². The minimum Gasteiger partial charge on any atom is -0.346 e. The molecule has 96 valence electrons. The van der Waals surface area contributed by atoms with Crippen molar-refractivity contribution in [3.05, 3.63) is 39.3 Å². The van der Waals surface area contributed by atoms with Crippen molar-refractivity contribution in [3.63, 3.8) is 0 Å². The quantitative estimate of drug-likeness (QED) is 0.871. The van der Waals surface area contributed by atoms with Crippen LogP contribution < -0.4 is 5.32 Å². The molecule has 0 aromatic carbocycles. The largest absolute Gasteiger partial charge is 0.346 e. The maximum absolute atomic E-state index is 11.8. The van der Waals surface area contributed by atoms with Gasteiger partial charge in [0.1, 0.15) is 5.69 Å². The van der Waals surface area contributed by atoms with E-state index in [1.54, 1.807) is 17.4 Å². The van der Waals surface area contributed by atoms with Crippen LogP contribution in [0.3, 0.4) is 0 Å². The molecule has 0 bridgehead atoms. The van der Waals surface area contributed by atoms with Gasteiger partial charge in [0.05, 0.1) is 6.54 Å². The number of aryl methyl sites for hydroxylation is 2. The van der Waals surface area contributed by atoms with Gasteiger partial charge in [-0.1, -0.05) is 13.8 Å². The van der Waals surface area contributed by atoms with Gasteiger partial charge in [0, 0.05) is 15.4 Å². The molecule has 2 rings (SSSR count). The lowest BCUT2D eigenvalue weighted by Gasteiger charge is -2.00. The molecule has 4 nitrogen and oxygen atoms in total. The van der Waals surface area contributed by atoms with Crippen LogP contribution >= 0.6 is 11.3 Å². The van der Waals surface area contributed by atoms with Crippen molar-refractivity contribution in [3.8, 4) is 0 Å². The molecule has 2 aromatic rings. The number of hydrogen-bond acceptors (Lipinski definition) is 3. The van der Waals surface area contributed by atoms with E-state index < -0.39 is 0 Å². The van der Waals surface area contributed by atoms with Gasteiger partial charge < -0.3 is 5.32 Å². The van der Waals surface area contributed by atoms with Gasteiger partial charge in [0.15, 0.2) is 0 Å². The van der Waals surface area contributed by atoms with E-state index in [0.717, 1.165) is 18.5 Å². The van der Waals surface area contributed by atoms with Crippen LogP contribution in [-0.4, -0.2) is 16.1 Å². The average molecular weight is 263 g/mol. The summed E-state index contributed by atoms with van der Waals surface area (Å²) >= 11 is 1.74. The van der Waals surface area contributed by atoms with Crippen molar-refractivity contribution in [1.29, 1.82) is 0 Å². The molecule has 1 amide bonds. The first-order valence-corrected chi connectivity index (χ1v) is 6.94. The second-order valence-corrected chi connectivity index (χ2v) is 5.29. The number of carbonyl (C=O) groups excluding carboxylic acids is 1. The number of H-pyrrole nitrogens is 1. The smallest absolute Gasteiger partial charge is 0.272 e. The number of aromatic amines is 1. The number of thiophene rings is 1. The van der Waals surface area contributed by atoms with E-state index in [2.05, 4.69) is 34.6 Å². The van der Waals surface area contributed by atoms with Crippen LogP contribution in [0.25, 0.3) is 0 Å². The third-order valence-corrected chi connectivity index (χ3v) is 3.96. The lowest BCUT2D eigenvalue weighted by molar-refractivity contribution is 0.0946. The van der Waals surface area contributed by atoms with Gasteiger partial charge in [-0.05, 0) is 31.0 Å². The summed E-state index contributed by atoms with van der Waals surface area (Å²) in [4.78, 5) is 14.3. The van der Waals surface area contributed by atoms with E-state index >= 15 is 0 Å². The summed E-state index contributed by atoms with van der Waals surface area (Å²) in [5, 5.41) is 9.71. The summed E-state index contributed by atoms with van der Waals surface area (Å²) in [6.07, 6.45) is 1.89. The Morgan fingerprint density at radius 1 is 1.33 bits per heavy atom. The first-order chi connectivity index (χ1) is 8.72. The van der Waals surface area contributed by atoms with Crippen LogP contribution in [0.5, 0.6) is 0 Å². The van der Waals surface area contributed by atoms with Crippen LogP contribution in [-0.2, 0) is 19.4 Å². The van der Waals surface area contributed by atoms with Crippen LogP contribution in [0, 0.1) is 0 Å². The third kappa shape index (κ3) is 2.98. The maximum Gasteiger partial charge on any atom is 0.272 e. The second kappa shape index (κ2) is 5.82. The Kier molecular flexibility index (Phi) is 4.15. The minimum atomic E-state index is -0.127. The molecular weight excluding hydrogens is 246 g/mol. The van der Waals surface area contributed by atoms with Crippen molar-refractivity contribution < 1.29 is 4.79 Å². The highest BCUT2D eigenvalue weighted by atomic mass is 32.1. The van der Waals surface area contributed by atoms with E-state index in [4.69, 9.17) is 0 Å². The molecule has 0 spiro atoms. The zero-order valence-corrected chi connectivity index (χ0v) is 11.4. The van der Waals surface area contributed by atoms with Crippen LogP contribution in [0.4, 0.5) is 0 Å². The van der Waals surface area contributed by atoms with Crippen molar-refractivity contribution >= 4 is 17.2 Å². The molecule has 2 aromatic heterocycles. The Balaban J connectivity index is 1.91. The standard InChI is InChI=1S/C13H17N3OS/c1-3-9-7-12(16-15-9)13(17)14-8-11-6-5-10(4-2)18-11/h5-7H,3-4,8H2,1-2H3,(H,14,17)(H,15,16). The van der Waals surface area contributed by atoms with E-state index in [1.807, 2.05) is 6.92 Å². The highest BCUT2D eigenvalue weighted by Gasteiger charge is 2.09. The second-order valence-electron chi connectivity index (χ2n) is 4.04. The van der Waals surface area contributed by atoms with Crippen molar-refractivity contribution in [2.75, 3.05) is 0 Å². The molecule has 2 heterocycles. The monoisotopic (exact) mass is 263 g/mol. The third-order valence-electron chi connectivity index (χ3n) is 2.73. The molecule has 2 N–H and O–H groups in total. The first-order valence-electron chi connectivity index (χ1n) is 6.13. The SMILES string of the molecule is CCc1cc(C(=O)NCc2ccc(CC)s2)n[nH]1. The topological polar surface area (TPSA) is 57.8 Å². The van der Waals surface area contributed by atoms with Gasteiger partial charge >= 0.3 is 0 Å². The summed E-state index contributed by atoms with van der Waals surface area (Å²) < 4.78 is 0. The zero-order valence-electron chi connectivity index (χ0n) is 10.6. The molecule has 0 fully saturated rings. The zero-order chi connectivity index (χ0) is 13.0. The highest BCUT2D eigenvalue weighted by molar-refractivity contribution is 7.11. The minimum absolute atomic E-state index is 0.127. The van der Waals surface area contributed by atoms with E-state index in [9.17, 15) is 4.79 Å². The summed E-state index contributed by atoms with van der Waals surface area (Å²) in [7, 11) is 0. The number of nitrogens with zero attached hydrogens (tertiary/aromatic N) is 1. The summed E-state index contributed by atoms with van der Waals surface area (Å²) in [5.41, 5.74) is 1.43. The number of hydrogen-bond donors (Lipinski definition) is 2. The van der Waals surface area contributed by atoms with E-state index in [0.29, 0.717) is 12.2 Å². The Bertz CT molecular complexity index is 530. The molecule has 0 atom stereocenters. The van der Waals surface area contributed by atoms with Crippen molar-refractivity contribution in [1.82, 2.24) is 15.5 Å². The van der Waals surface area contributed by atoms with E-state index in [-0.39, 0.29) is 5.91 Å². The van der Waals surface area contributed by atoms with Crippen LogP contribution in [0.2, 0.25) is 0 Å². The van der Waals surface area contributed by atoms with Gasteiger partial charge in [-0.3, -0.25) is 9.89 Å². The Labute approximate surface area is 110 Å². The number of aromatic nitrogens is 2.